The van der Waals surface area contributed by atoms with E-state index >= 15 is 0 Å². The molecule has 0 bridgehead atoms. The molecule has 0 aliphatic carbocycles. The molecule has 2 atom stereocenters. The Morgan fingerprint density at radius 2 is 2.07 bits per heavy atom. The van der Waals surface area contributed by atoms with Crippen molar-refractivity contribution in [2.45, 2.75) is 32.4 Å². The van der Waals surface area contributed by atoms with Crippen molar-refractivity contribution in [1.82, 2.24) is 4.90 Å². The lowest BCUT2D eigenvalue weighted by atomic mass is 9.92. The molecule has 0 aromatic heterocycles. The molecule has 0 amide bonds. The maximum atomic E-state index is 3.55. The Kier molecular flexibility index (Phi) is 2.70. The van der Waals surface area contributed by atoms with Crippen LogP contribution in [0.3, 0.4) is 0 Å². The molecule has 0 saturated carbocycles. The van der Waals surface area contributed by atoms with E-state index < -0.39 is 0 Å². The zero-order chi connectivity index (χ0) is 11.0. The molecule has 2 nitrogen and oxygen atoms in total. The quantitative estimate of drug-likeness (QED) is 0.756. The van der Waals surface area contributed by atoms with E-state index in [0.717, 1.165) is 0 Å². The number of hydrogen-bond acceptors (Lipinski definition) is 2. The van der Waals surface area contributed by atoms with Crippen LogP contribution in [0.4, 0.5) is 5.69 Å². The lowest BCUT2D eigenvalue weighted by Gasteiger charge is -2.35. The third-order valence-electron chi connectivity index (χ3n) is 3.17. The first-order chi connectivity index (χ1) is 7.08. The molecule has 1 aliphatic rings. The molecule has 1 aromatic rings. The first-order valence-corrected chi connectivity index (χ1v) is 5.61. The molecule has 2 unspecified atom stereocenters. The minimum absolute atomic E-state index is 0.552. The van der Waals surface area contributed by atoms with Gasteiger partial charge in [-0.1, -0.05) is 17.7 Å². The van der Waals surface area contributed by atoms with Crippen LogP contribution in [0.1, 0.15) is 30.5 Å². The number of hydrogen-bond donors (Lipinski definition) is 1. The Bertz CT molecular complexity index is 358. The zero-order valence-corrected chi connectivity index (χ0v) is 10.0. The highest BCUT2D eigenvalue weighted by Crippen LogP contribution is 2.35. The van der Waals surface area contributed by atoms with E-state index in [2.05, 4.69) is 56.4 Å². The number of benzene rings is 1. The normalized spacial score (nSPS) is 24.9. The Labute approximate surface area is 92.3 Å². The SMILES string of the molecule is Cc1ccc2c(c1)C(N(C)C)CC(C)N2. The van der Waals surface area contributed by atoms with Gasteiger partial charge in [-0.25, -0.2) is 0 Å². The van der Waals surface area contributed by atoms with Crippen molar-refractivity contribution in [3.63, 3.8) is 0 Å². The summed E-state index contributed by atoms with van der Waals surface area (Å²) in [5.41, 5.74) is 4.09. The maximum Gasteiger partial charge on any atom is 0.0391 e. The van der Waals surface area contributed by atoms with Gasteiger partial charge in [0.05, 0.1) is 0 Å². The van der Waals surface area contributed by atoms with Crippen LogP contribution in [0, 0.1) is 6.92 Å². The average molecular weight is 204 g/mol. The van der Waals surface area contributed by atoms with E-state index in [4.69, 9.17) is 0 Å². The molecule has 0 radical (unpaired) electrons. The first-order valence-electron chi connectivity index (χ1n) is 5.61. The zero-order valence-electron chi connectivity index (χ0n) is 10.0. The molecule has 0 saturated heterocycles. The van der Waals surface area contributed by atoms with Crippen molar-refractivity contribution in [1.29, 1.82) is 0 Å². The van der Waals surface area contributed by atoms with Crippen LogP contribution in [0.5, 0.6) is 0 Å². The smallest absolute Gasteiger partial charge is 0.0391 e. The van der Waals surface area contributed by atoms with E-state index in [0.29, 0.717) is 12.1 Å². The summed E-state index contributed by atoms with van der Waals surface area (Å²) in [6, 6.07) is 7.80. The van der Waals surface area contributed by atoms with Gasteiger partial charge in [0.25, 0.3) is 0 Å². The lowest BCUT2D eigenvalue weighted by Crippen LogP contribution is -2.32. The molecular weight excluding hydrogens is 184 g/mol. The number of anilines is 1. The Morgan fingerprint density at radius 3 is 2.73 bits per heavy atom. The first kappa shape index (κ1) is 10.5. The molecular formula is C13H20N2. The molecule has 2 rings (SSSR count). The van der Waals surface area contributed by atoms with Crippen molar-refractivity contribution in [2.24, 2.45) is 0 Å². The van der Waals surface area contributed by atoms with Crippen LogP contribution < -0.4 is 5.32 Å². The summed E-state index contributed by atoms with van der Waals surface area (Å²) in [5.74, 6) is 0. The predicted octanol–water partition coefficient (Wildman–Crippen LogP) is 2.80. The van der Waals surface area contributed by atoms with E-state index in [1.165, 1.54) is 23.2 Å². The monoisotopic (exact) mass is 204 g/mol. The van der Waals surface area contributed by atoms with Crippen molar-refractivity contribution in [3.8, 4) is 0 Å². The number of nitrogens with one attached hydrogen (secondary N) is 1. The second-order valence-electron chi connectivity index (χ2n) is 4.85. The van der Waals surface area contributed by atoms with Crippen molar-refractivity contribution < 1.29 is 0 Å². The number of aryl methyl sites for hydroxylation is 1. The van der Waals surface area contributed by atoms with Crippen LogP contribution in [-0.4, -0.2) is 25.0 Å². The number of nitrogens with zero attached hydrogens (tertiary/aromatic N) is 1. The molecule has 0 spiro atoms. The van der Waals surface area contributed by atoms with Gasteiger partial charge in [-0.05, 0) is 46.0 Å². The fourth-order valence-corrected chi connectivity index (χ4v) is 2.36. The van der Waals surface area contributed by atoms with Crippen LogP contribution in [0.15, 0.2) is 18.2 Å². The standard InChI is InChI=1S/C13H20N2/c1-9-5-6-12-11(7-9)13(15(3)4)8-10(2)14-12/h5-7,10,13-14H,8H2,1-4H3. The topological polar surface area (TPSA) is 15.3 Å². The largest absolute Gasteiger partial charge is 0.382 e. The summed E-state index contributed by atoms with van der Waals surface area (Å²) in [5, 5.41) is 3.55. The van der Waals surface area contributed by atoms with Gasteiger partial charge in [0.1, 0.15) is 0 Å². The van der Waals surface area contributed by atoms with Crippen molar-refractivity contribution in [3.05, 3.63) is 29.3 Å². The van der Waals surface area contributed by atoms with E-state index in [-0.39, 0.29) is 0 Å². The Hall–Kier alpha value is -1.02. The van der Waals surface area contributed by atoms with Crippen LogP contribution >= 0.6 is 0 Å². The summed E-state index contributed by atoms with van der Waals surface area (Å²) >= 11 is 0. The molecule has 2 heteroatoms. The van der Waals surface area contributed by atoms with Gasteiger partial charge in [0.2, 0.25) is 0 Å². The highest BCUT2D eigenvalue weighted by Gasteiger charge is 2.25. The van der Waals surface area contributed by atoms with Gasteiger partial charge < -0.3 is 10.2 Å². The minimum atomic E-state index is 0.552. The molecule has 1 aromatic carbocycles. The summed E-state index contributed by atoms with van der Waals surface area (Å²) in [4.78, 5) is 2.32. The summed E-state index contributed by atoms with van der Waals surface area (Å²) in [6.45, 7) is 4.41. The summed E-state index contributed by atoms with van der Waals surface area (Å²) in [7, 11) is 4.32. The molecule has 1 N–H and O–H groups in total. The van der Waals surface area contributed by atoms with Gasteiger partial charge >= 0.3 is 0 Å². The van der Waals surface area contributed by atoms with E-state index in [1.807, 2.05) is 0 Å². The predicted molar refractivity (Wildman–Crippen MR) is 65.3 cm³/mol. The molecule has 1 heterocycles. The van der Waals surface area contributed by atoms with Gasteiger partial charge in [0.15, 0.2) is 0 Å². The second kappa shape index (κ2) is 3.86. The Morgan fingerprint density at radius 1 is 1.33 bits per heavy atom. The molecule has 15 heavy (non-hydrogen) atoms. The van der Waals surface area contributed by atoms with Crippen molar-refractivity contribution >= 4 is 5.69 Å². The molecule has 82 valence electrons. The summed E-state index contributed by atoms with van der Waals surface area (Å²) in [6.07, 6.45) is 1.18. The van der Waals surface area contributed by atoms with Gasteiger partial charge in [-0.15, -0.1) is 0 Å². The third kappa shape index (κ3) is 2.00. The molecule has 0 fully saturated rings. The van der Waals surface area contributed by atoms with E-state index in [1.54, 1.807) is 0 Å². The summed E-state index contributed by atoms with van der Waals surface area (Å²) < 4.78 is 0. The Balaban J connectivity index is 2.43. The number of fused-ring (bicyclic) bond motifs is 1. The van der Waals surface area contributed by atoms with Gasteiger partial charge in [-0.3, -0.25) is 0 Å². The molecule has 1 aliphatic heterocycles. The van der Waals surface area contributed by atoms with Crippen LogP contribution in [0.25, 0.3) is 0 Å². The van der Waals surface area contributed by atoms with Crippen LogP contribution in [0.2, 0.25) is 0 Å². The lowest BCUT2D eigenvalue weighted by molar-refractivity contribution is 0.270. The third-order valence-corrected chi connectivity index (χ3v) is 3.17. The highest BCUT2D eigenvalue weighted by atomic mass is 15.1. The van der Waals surface area contributed by atoms with Gasteiger partial charge in [-0.2, -0.15) is 0 Å². The fraction of sp³-hybridized carbons (Fsp3) is 0.538. The second-order valence-corrected chi connectivity index (χ2v) is 4.85. The van der Waals surface area contributed by atoms with Crippen LogP contribution in [-0.2, 0) is 0 Å². The number of rotatable bonds is 1. The maximum absolute atomic E-state index is 3.55. The van der Waals surface area contributed by atoms with Crippen molar-refractivity contribution in [2.75, 3.05) is 19.4 Å². The average Bonchev–Trinajstić information content (AvgIpc) is 2.17. The minimum Gasteiger partial charge on any atom is -0.382 e. The van der Waals surface area contributed by atoms with Gasteiger partial charge in [0, 0.05) is 17.8 Å². The van der Waals surface area contributed by atoms with E-state index in [9.17, 15) is 0 Å². The highest BCUT2D eigenvalue weighted by molar-refractivity contribution is 5.56. The fourth-order valence-electron chi connectivity index (χ4n) is 2.36.